The summed E-state index contributed by atoms with van der Waals surface area (Å²) in [5.74, 6) is 0. The summed E-state index contributed by atoms with van der Waals surface area (Å²) in [5.41, 5.74) is 11.9. The molecule has 0 aliphatic carbocycles. The molecule has 0 unspecified atom stereocenters. The van der Waals surface area contributed by atoms with E-state index in [2.05, 4.69) is 60.0 Å². The van der Waals surface area contributed by atoms with Gasteiger partial charge in [0.05, 0.1) is 13.1 Å². The largest absolute Gasteiger partial charge is 0.411 e. The lowest BCUT2D eigenvalue weighted by atomic mass is 10.2. The van der Waals surface area contributed by atoms with Gasteiger partial charge in [0.1, 0.15) is 0 Å². The van der Waals surface area contributed by atoms with Crippen molar-refractivity contribution in [3.8, 4) is 0 Å². The van der Waals surface area contributed by atoms with Gasteiger partial charge in [0.15, 0.2) is 0 Å². The summed E-state index contributed by atoms with van der Waals surface area (Å²) < 4.78 is 1.03. The van der Waals surface area contributed by atoms with Gasteiger partial charge >= 0.3 is 0 Å². The highest BCUT2D eigenvalue weighted by molar-refractivity contribution is 8.00. The molecule has 224 valence electrons. The first-order chi connectivity index (χ1) is 20.3. The molecule has 0 radical (unpaired) electrons. The van der Waals surface area contributed by atoms with Crippen molar-refractivity contribution in [2.45, 2.75) is 40.0 Å². The maximum Gasteiger partial charge on any atom is 0.0711 e. The highest BCUT2D eigenvalue weighted by Crippen LogP contribution is 2.12. The SMILES string of the molecule is CC[NH3+].CC[NH3+].S=C([S-])N(Cc1ccccc1)Cc1ccccc1.S=C([S-])N(Cc1ccccc1)Cc1ccccc1. The van der Waals surface area contributed by atoms with E-state index in [9.17, 15) is 0 Å². The van der Waals surface area contributed by atoms with Crippen molar-refractivity contribution in [1.29, 1.82) is 0 Å². The van der Waals surface area contributed by atoms with Crippen molar-refractivity contribution in [2.75, 3.05) is 13.1 Å². The van der Waals surface area contributed by atoms with Gasteiger partial charge in [0.2, 0.25) is 0 Å². The van der Waals surface area contributed by atoms with Crippen LogP contribution in [0.2, 0.25) is 0 Å². The van der Waals surface area contributed by atoms with E-state index in [-0.39, 0.29) is 0 Å². The molecule has 0 saturated carbocycles. The predicted molar refractivity (Wildman–Crippen MR) is 191 cm³/mol. The van der Waals surface area contributed by atoms with Crippen LogP contribution in [-0.4, -0.2) is 31.5 Å². The van der Waals surface area contributed by atoms with Crippen LogP contribution in [0.5, 0.6) is 0 Å². The van der Waals surface area contributed by atoms with E-state index in [0.717, 1.165) is 39.3 Å². The third-order valence-corrected chi connectivity index (χ3v) is 6.41. The van der Waals surface area contributed by atoms with E-state index in [1.54, 1.807) is 0 Å². The topological polar surface area (TPSA) is 61.8 Å². The first-order valence-electron chi connectivity index (χ1n) is 14.0. The molecule has 0 fully saturated rings. The summed E-state index contributed by atoms with van der Waals surface area (Å²) in [6.07, 6.45) is 0. The summed E-state index contributed by atoms with van der Waals surface area (Å²) in [4.78, 5) is 4.07. The van der Waals surface area contributed by atoms with Crippen molar-refractivity contribution >= 4 is 58.3 Å². The van der Waals surface area contributed by atoms with Gasteiger partial charge in [-0.25, -0.2) is 0 Å². The van der Waals surface area contributed by atoms with E-state index < -0.39 is 0 Å². The van der Waals surface area contributed by atoms with Gasteiger partial charge in [-0.15, -0.1) is 0 Å². The van der Waals surface area contributed by atoms with Gasteiger partial charge in [-0.3, -0.25) is 0 Å². The number of quaternary nitrogens is 2. The number of nitrogens with zero attached hydrogens (tertiary/aromatic N) is 2. The van der Waals surface area contributed by atoms with E-state index in [0.29, 0.717) is 8.64 Å². The Morgan fingerprint density at radius 1 is 0.476 bits per heavy atom. The fourth-order valence-corrected chi connectivity index (χ4v) is 4.10. The average molecular weight is 637 g/mol. The maximum absolute atomic E-state index is 5.16. The van der Waals surface area contributed by atoms with Gasteiger partial charge in [0, 0.05) is 26.2 Å². The molecule has 4 aromatic rings. The molecule has 8 heteroatoms. The first kappa shape index (κ1) is 37.0. The Labute approximate surface area is 274 Å². The molecule has 0 aromatic heterocycles. The Bertz CT molecular complexity index is 1050. The zero-order valence-electron chi connectivity index (χ0n) is 24.7. The second-order valence-electron chi connectivity index (χ2n) is 9.19. The molecule has 0 spiro atoms. The number of rotatable bonds is 8. The number of thiocarbonyl (C=S) groups is 2. The molecular weight excluding hydrogens is 593 g/mol. The number of hydrogen-bond acceptors (Lipinski definition) is 4. The van der Waals surface area contributed by atoms with Crippen LogP contribution in [0.25, 0.3) is 0 Å². The van der Waals surface area contributed by atoms with Crippen LogP contribution in [0.4, 0.5) is 0 Å². The molecule has 0 atom stereocenters. The highest BCUT2D eigenvalue weighted by Gasteiger charge is 2.04. The molecular formula is C34H44N4S4. The van der Waals surface area contributed by atoms with Gasteiger partial charge in [-0.05, 0) is 36.1 Å². The Kier molecular flexibility index (Phi) is 20.8. The predicted octanol–water partition coefficient (Wildman–Crippen LogP) is 5.54. The number of benzene rings is 4. The van der Waals surface area contributed by atoms with Crippen molar-refractivity contribution in [1.82, 2.24) is 9.80 Å². The van der Waals surface area contributed by atoms with E-state index >= 15 is 0 Å². The molecule has 0 heterocycles. The minimum atomic E-state index is 0.516. The lowest BCUT2D eigenvalue weighted by Gasteiger charge is -2.28. The molecule has 4 rings (SSSR count). The summed E-state index contributed by atoms with van der Waals surface area (Å²) in [6.45, 7) is 9.08. The molecule has 0 aliphatic heterocycles. The maximum atomic E-state index is 5.16. The van der Waals surface area contributed by atoms with Crippen LogP contribution in [0.1, 0.15) is 36.1 Å². The summed E-state index contributed by atoms with van der Waals surface area (Å²) in [5, 5.41) is 0. The van der Waals surface area contributed by atoms with Crippen LogP contribution in [0.15, 0.2) is 121 Å². The summed E-state index contributed by atoms with van der Waals surface area (Å²) in [7, 11) is 0. The smallest absolute Gasteiger partial charge is 0.0711 e. The van der Waals surface area contributed by atoms with Crippen LogP contribution in [0.3, 0.4) is 0 Å². The molecule has 0 amide bonds. The zero-order valence-corrected chi connectivity index (χ0v) is 28.0. The van der Waals surface area contributed by atoms with Crippen molar-refractivity contribution in [3.63, 3.8) is 0 Å². The Balaban J connectivity index is 0.000000354. The summed E-state index contributed by atoms with van der Waals surface area (Å²) >= 11 is 20.6. The van der Waals surface area contributed by atoms with Crippen LogP contribution in [-0.2, 0) is 51.4 Å². The monoisotopic (exact) mass is 636 g/mol. The lowest BCUT2D eigenvalue weighted by molar-refractivity contribution is -0.362. The molecule has 0 aliphatic rings. The molecule has 6 N–H and O–H groups in total. The molecule has 42 heavy (non-hydrogen) atoms. The van der Waals surface area contributed by atoms with Gasteiger partial charge in [0.25, 0.3) is 0 Å². The third kappa shape index (κ3) is 17.1. The van der Waals surface area contributed by atoms with Gasteiger partial charge < -0.3 is 71.0 Å². The Morgan fingerprint density at radius 3 is 0.786 bits per heavy atom. The van der Waals surface area contributed by atoms with Crippen LogP contribution >= 0.6 is 24.4 Å². The molecule has 4 nitrogen and oxygen atoms in total. The third-order valence-electron chi connectivity index (χ3n) is 5.38. The fraction of sp³-hybridized carbons (Fsp3) is 0.235. The first-order valence-corrected chi connectivity index (χ1v) is 15.6. The number of hydrogen-bond donors (Lipinski definition) is 2. The molecule has 4 aromatic carbocycles. The van der Waals surface area contributed by atoms with Crippen LogP contribution in [0, 0.1) is 0 Å². The lowest BCUT2D eigenvalue weighted by Crippen LogP contribution is -2.48. The Hall–Kier alpha value is -2.98. The van der Waals surface area contributed by atoms with Crippen molar-refractivity contribution < 1.29 is 11.5 Å². The second kappa shape index (κ2) is 23.6. The quantitative estimate of drug-likeness (QED) is 0.196. The minimum absolute atomic E-state index is 0.516. The van der Waals surface area contributed by atoms with E-state index in [4.69, 9.17) is 49.7 Å². The van der Waals surface area contributed by atoms with Gasteiger partial charge in [-0.1, -0.05) is 130 Å². The fourth-order valence-electron chi connectivity index (χ4n) is 3.59. The second-order valence-corrected chi connectivity index (χ2v) is 11.2. The molecule has 0 saturated heterocycles. The Morgan fingerprint density at radius 2 is 0.643 bits per heavy atom. The van der Waals surface area contributed by atoms with E-state index in [1.807, 2.05) is 96.4 Å². The zero-order chi connectivity index (χ0) is 31.0. The van der Waals surface area contributed by atoms with Crippen LogP contribution < -0.4 is 11.5 Å². The van der Waals surface area contributed by atoms with E-state index in [1.165, 1.54) is 22.3 Å². The van der Waals surface area contributed by atoms with Gasteiger partial charge in [-0.2, -0.15) is 0 Å². The average Bonchev–Trinajstić information content (AvgIpc) is 3.00. The molecule has 0 bridgehead atoms. The standard InChI is InChI=1S/2C15H15NS2.2C2H7N/c2*17-15(18)16(11-13-7-3-1-4-8-13)12-14-9-5-2-6-10-14;2*1-2-3/h2*1-10H,11-12H2,(H,17,18);2*2-3H2,1H3. The van der Waals surface area contributed by atoms with Crippen molar-refractivity contribution in [2.24, 2.45) is 0 Å². The summed E-state index contributed by atoms with van der Waals surface area (Å²) in [6, 6.07) is 41.0. The van der Waals surface area contributed by atoms with Crippen molar-refractivity contribution in [3.05, 3.63) is 144 Å². The highest BCUT2D eigenvalue weighted by atomic mass is 32.1. The normalized spacial score (nSPS) is 9.43. The minimum Gasteiger partial charge on any atom is -0.411 e.